The Morgan fingerprint density at radius 3 is 2.70 bits per heavy atom. The summed E-state index contributed by atoms with van der Waals surface area (Å²) in [5, 5.41) is 0. The molecule has 0 spiro atoms. The number of benzene rings is 1. The van der Waals surface area contributed by atoms with Gasteiger partial charge in [-0.3, -0.25) is 0 Å². The first-order valence-electron chi connectivity index (χ1n) is 6.60. The summed E-state index contributed by atoms with van der Waals surface area (Å²) in [6.45, 7) is 7.18. The summed E-state index contributed by atoms with van der Waals surface area (Å²) in [6.07, 6.45) is 0. The first-order valence-corrected chi connectivity index (χ1v) is 7.39. The lowest BCUT2D eigenvalue weighted by atomic mass is 10.1. The third kappa shape index (κ3) is 2.82. The van der Waals surface area contributed by atoms with Crippen molar-refractivity contribution in [2.45, 2.75) is 27.3 Å². The van der Waals surface area contributed by atoms with Gasteiger partial charge in [0.2, 0.25) is 0 Å². The summed E-state index contributed by atoms with van der Waals surface area (Å²) >= 11 is 3.55. The smallest absolute Gasteiger partial charge is 0.131 e. The van der Waals surface area contributed by atoms with Gasteiger partial charge in [-0.15, -0.1) is 0 Å². The lowest BCUT2D eigenvalue weighted by Gasteiger charge is -2.11. The molecule has 0 aliphatic carbocycles. The third-order valence-corrected chi connectivity index (χ3v) is 3.87. The van der Waals surface area contributed by atoms with Crippen molar-refractivity contribution in [3.8, 4) is 17.0 Å². The van der Waals surface area contributed by atoms with E-state index in [1.165, 1.54) is 0 Å². The van der Waals surface area contributed by atoms with Crippen LogP contribution in [-0.2, 0) is 6.54 Å². The number of hydrogen-bond acceptors (Lipinski definition) is 3. The molecule has 0 fully saturated rings. The first kappa shape index (κ1) is 14.9. The standard InChI is InChI=1S/C15H20BrN3O/c1-9(2)8-19-10(3)18-14(15(19)17)12-7-11(20-4)5-6-13(12)16/h5-7,9H,8,17H2,1-4H3. The summed E-state index contributed by atoms with van der Waals surface area (Å²) in [5.41, 5.74) is 8.03. The minimum absolute atomic E-state index is 0.520. The van der Waals surface area contributed by atoms with Gasteiger partial charge in [0, 0.05) is 16.6 Å². The van der Waals surface area contributed by atoms with Crippen molar-refractivity contribution in [3.63, 3.8) is 0 Å². The van der Waals surface area contributed by atoms with Crippen molar-refractivity contribution in [2.24, 2.45) is 5.92 Å². The highest BCUT2D eigenvalue weighted by Crippen LogP contribution is 2.35. The van der Waals surface area contributed by atoms with E-state index in [4.69, 9.17) is 10.5 Å². The van der Waals surface area contributed by atoms with Crippen molar-refractivity contribution in [1.82, 2.24) is 9.55 Å². The molecule has 0 aliphatic heterocycles. The zero-order valence-corrected chi connectivity index (χ0v) is 13.9. The van der Waals surface area contributed by atoms with E-state index in [0.717, 1.165) is 33.8 Å². The highest BCUT2D eigenvalue weighted by molar-refractivity contribution is 9.10. The summed E-state index contributed by atoms with van der Waals surface area (Å²) in [4.78, 5) is 4.62. The topological polar surface area (TPSA) is 53.1 Å². The molecule has 2 N–H and O–H groups in total. The van der Waals surface area contributed by atoms with Crippen LogP contribution in [0.5, 0.6) is 5.75 Å². The Bertz CT molecular complexity index is 620. The third-order valence-electron chi connectivity index (χ3n) is 3.17. The van der Waals surface area contributed by atoms with Crippen LogP contribution in [0.1, 0.15) is 19.7 Å². The Morgan fingerprint density at radius 2 is 2.10 bits per heavy atom. The number of hydrogen-bond donors (Lipinski definition) is 1. The normalized spacial score (nSPS) is 11.1. The summed E-state index contributed by atoms with van der Waals surface area (Å²) in [7, 11) is 1.65. The minimum atomic E-state index is 0.520. The van der Waals surface area contributed by atoms with Gasteiger partial charge in [0.15, 0.2) is 0 Å². The molecule has 0 aliphatic rings. The Kier molecular flexibility index (Phi) is 4.38. The van der Waals surface area contributed by atoms with E-state index in [1.807, 2.05) is 25.1 Å². The fourth-order valence-electron chi connectivity index (χ4n) is 2.19. The Balaban J connectivity index is 2.53. The number of methoxy groups -OCH3 is 1. The fourth-order valence-corrected chi connectivity index (χ4v) is 2.62. The number of nitrogens with two attached hydrogens (primary N) is 1. The van der Waals surface area contributed by atoms with E-state index in [2.05, 4.69) is 39.3 Å². The van der Waals surface area contributed by atoms with Crippen LogP contribution in [0.3, 0.4) is 0 Å². The maximum atomic E-state index is 6.28. The fraction of sp³-hybridized carbons (Fsp3) is 0.400. The van der Waals surface area contributed by atoms with Gasteiger partial charge in [0.05, 0.1) is 7.11 Å². The Morgan fingerprint density at radius 1 is 1.40 bits per heavy atom. The second kappa shape index (κ2) is 5.87. The van der Waals surface area contributed by atoms with E-state index < -0.39 is 0 Å². The molecule has 0 unspecified atom stereocenters. The lowest BCUT2D eigenvalue weighted by molar-refractivity contribution is 0.415. The molecule has 1 aromatic heterocycles. The van der Waals surface area contributed by atoms with Crippen LogP contribution < -0.4 is 10.5 Å². The molecular formula is C15H20BrN3O. The zero-order valence-electron chi connectivity index (χ0n) is 12.3. The van der Waals surface area contributed by atoms with E-state index >= 15 is 0 Å². The van der Waals surface area contributed by atoms with Gasteiger partial charge in [-0.1, -0.05) is 29.8 Å². The van der Waals surface area contributed by atoms with Crippen LogP contribution in [0, 0.1) is 12.8 Å². The van der Waals surface area contributed by atoms with Crippen LogP contribution in [-0.4, -0.2) is 16.7 Å². The van der Waals surface area contributed by atoms with Crippen molar-refractivity contribution >= 4 is 21.7 Å². The first-order chi connectivity index (χ1) is 9.43. The molecule has 0 saturated heterocycles. The van der Waals surface area contributed by atoms with Gasteiger partial charge in [0.1, 0.15) is 23.1 Å². The van der Waals surface area contributed by atoms with E-state index in [1.54, 1.807) is 7.11 Å². The Labute approximate surface area is 128 Å². The SMILES string of the molecule is COc1ccc(Br)c(-c2nc(C)n(CC(C)C)c2N)c1. The molecule has 0 radical (unpaired) electrons. The second-order valence-electron chi connectivity index (χ2n) is 5.24. The zero-order chi connectivity index (χ0) is 14.9. The molecule has 4 nitrogen and oxygen atoms in total. The molecule has 5 heteroatoms. The van der Waals surface area contributed by atoms with Gasteiger partial charge in [-0.05, 0) is 31.0 Å². The number of nitrogen functional groups attached to an aromatic ring is 1. The summed E-state index contributed by atoms with van der Waals surface area (Å²) < 4.78 is 8.30. The summed E-state index contributed by atoms with van der Waals surface area (Å²) in [6, 6.07) is 5.80. The minimum Gasteiger partial charge on any atom is -0.497 e. The molecule has 108 valence electrons. The van der Waals surface area contributed by atoms with Crippen molar-refractivity contribution < 1.29 is 4.74 Å². The molecule has 0 bridgehead atoms. The van der Waals surface area contributed by atoms with Gasteiger partial charge in [0.25, 0.3) is 0 Å². The number of halogens is 1. The molecule has 0 atom stereocenters. The van der Waals surface area contributed by atoms with E-state index in [-0.39, 0.29) is 0 Å². The number of imidazole rings is 1. The van der Waals surface area contributed by atoms with Gasteiger partial charge < -0.3 is 15.0 Å². The number of nitrogens with zero attached hydrogens (tertiary/aromatic N) is 2. The van der Waals surface area contributed by atoms with Crippen molar-refractivity contribution in [2.75, 3.05) is 12.8 Å². The highest BCUT2D eigenvalue weighted by Gasteiger charge is 2.17. The maximum Gasteiger partial charge on any atom is 0.131 e. The van der Waals surface area contributed by atoms with Crippen LogP contribution in [0.2, 0.25) is 0 Å². The van der Waals surface area contributed by atoms with Crippen molar-refractivity contribution in [1.29, 1.82) is 0 Å². The molecule has 2 rings (SSSR count). The molecule has 20 heavy (non-hydrogen) atoms. The molecule has 1 heterocycles. The summed E-state index contributed by atoms with van der Waals surface area (Å²) in [5.74, 6) is 2.94. The second-order valence-corrected chi connectivity index (χ2v) is 6.10. The van der Waals surface area contributed by atoms with Crippen molar-refractivity contribution in [3.05, 3.63) is 28.5 Å². The quantitative estimate of drug-likeness (QED) is 0.921. The van der Waals surface area contributed by atoms with E-state index in [0.29, 0.717) is 11.7 Å². The van der Waals surface area contributed by atoms with Gasteiger partial charge >= 0.3 is 0 Å². The molecule has 1 aromatic carbocycles. The average Bonchev–Trinajstić information content (AvgIpc) is 2.67. The van der Waals surface area contributed by atoms with Gasteiger partial charge in [-0.2, -0.15) is 0 Å². The lowest BCUT2D eigenvalue weighted by Crippen LogP contribution is -2.09. The van der Waals surface area contributed by atoms with Gasteiger partial charge in [-0.25, -0.2) is 4.98 Å². The van der Waals surface area contributed by atoms with E-state index in [9.17, 15) is 0 Å². The van der Waals surface area contributed by atoms with Crippen LogP contribution in [0.15, 0.2) is 22.7 Å². The average molecular weight is 338 g/mol. The number of ether oxygens (including phenoxy) is 1. The predicted molar refractivity (Wildman–Crippen MR) is 85.9 cm³/mol. The van der Waals surface area contributed by atoms with Crippen LogP contribution in [0.25, 0.3) is 11.3 Å². The molecule has 0 saturated carbocycles. The highest BCUT2D eigenvalue weighted by atomic mass is 79.9. The number of rotatable bonds is 4. The van der Waals surface area contributed by atoms with Crippen LogP contribution in [0.4, 0.5) is 5.82 Å². The molecular weight excluding hydrogens is 318 g/mol. The molecule has 0 amide bonds. The monoisotopic (exact) mass is 337 g/mol. The number of aromatic nitrogens is 2. The largest absolute Gasteiger partial charge is 0.497 e. The Hall–Kier alpha value is -1.49. The predicted octanol–water partition coefficient (Wildman–Crippen LogP) is 3.87. The number of anilines is 1. The maximum absolute atomic E-state index is 6.28. The van der Waals surface area contributed by atoms with Crippen LogP contribution >= 0.6 is 15.9 Å². The molecule has 2 aromatic rings. The number of aryl methyl sites for hydroxylation is 1.